The molecular weight excluding hydrogens is 382 g/mol. The van der Waals surface area contributed by atoms with Crippen LogP contribution in [0, 0.1) is 5.92 Å². The maximum atomic E-state index is 13.2. The van der Waals surface area contributed by atoms with Crippen LogP contribution in [-0.4, -0.2) is 0 Å². The lowest BCUT2D eigenvalue weighted by molar-refractivity contribution is 0.114. The van der Waals surface area contributed by atoms with Gasteiger partial charge in [0.2, 0.25) is 0 Å². The van der Waals surface area contributed by atoms with E-state index in [4.69, 9.17) is 0 Å². The van der Waals surface area contributed by atoms with E-state index in [1.165, 1.54) is 56.2 Å². The Kier molecular flexibility index (Phi) is 5.93. The minimum absolute atomic E-state index is 0.0169. The largest absolute Gasteiger partial charge is 0.326 e. The maximum absolute atomic E-state index is 13.2. The molecule has 3 rings (SSSR count). The van der Waals surface area contributed by atoms with Crippen molar-refractivity contribution in [1.29, 1.82) is 0 Å². The summed E-state index contributed by atoms with van der Waals surface area (Å²) < 4.78 is 26.5. The van der Waals surface area contributed by atoms with E-state index in [-0.39, 0.29) is 5.56 Å². The first-order valence-corrected chi connectivity index (χ1v) is 10.0. The van der Waals surface area contributed by atoms with Gasteiger partial charge < -0.3 is 0 Å². The highest BCUT2D eigenvalue weighted by molar-refractivity contribution is 9.09. The topological polar surface area (TPSA) is 0 Å². The van der Waals surface area contributed by atoms with Crippen LogP contribution in [0.25, 0.3) is 11.1 Å². The molecule has 1 saturated carbocycles. The molecule has 134 valence electrons. The van der Waals surface area contributed by atoms with Gasteiger partial charge in [0.05, 0.1) is 0 Å². The molecule has 0 radical (unpaired) electrons. The van der Waals surface area contributed by atoms with Gasteiger partial charge >= 0.3 is 4.83 Å². The zero-order valence-corrected chi connectivity index (χ0v) is 16.2. The standard InChI is InChI=1S/C22H25BrF2/c1-2-3-16-4-6-17(7-5-16)18-8-10-19(11-9-18)20-12-14-21(15-13-20)22(23,24)25/h8-17H,2-7H2,1H3. The summed E-state index contributed by atoms with van der Waals surface area (Å²) in [6, 6.07) is 15.1. The Bertz CT molecular complexity index is 663. The third-order valence-electron chi connectivity index (χ3n) is 5.47. The minimum Gasteiger partial charge on any atom is -0.188 e. The second kappa shape index (κ2) is 7.99. The Morgan fingerprint density at radius 1 is 0.880 bits per heavy atom. The molecular formula is C22H25BrF2. The molecule has 1 aliphatic rings. The van der Waals surface area contributed by atoms with Gasteiger partial charge in [-0.05, 0) is 70.1 Å². The molecule has 2 aromatic carbocycles. The van der Waals surface area contributed by atoms with E-state index < -0.39 is 4.83 Å². The summed E-state index contributed by atoms with van der Waals surface area (Å²) in [6.07, 6.45) is 7.95. The van der Waals surface area contributed by atoms with Gasteiger partial charge in [0.15, 0.2) is 0 Å². The van der Waals surface area contributed by atoms with Crippen molar-refractivity contribution < 1.29 is 8.78 Å². The lowest BCUT2D eigenvalue weighted by Crippen LogP contribution is -2.13. The summed E-state index contributed by atoms with van der Waals surface area (Å²) >= 11 is 2.40. The van der Waals surface area contributed by atoms with Crippen molar-refractivity contribution in [2.75, 3.05) is 0 Å². The van der Waals surface area contributed by atoms with Crippen LogP contribution < -0.4 is 0 Å². The van der Waals surface area contributed by atoms with Crippen LogP contribution in [0.5, 0.6) is 0 Å². The molecule has 0 unspecified atom stereocenters. The Morgan fingerprint density at radius 3 is 1.88 bits per heavy atom. The number of hydrogen-bond acceptors (Lipinski definition) is 0. The third kappa shape index (κ3) is 4.69. The first-order chi connectivity index (χ1) is 12.0. The molecule has 0 bridgehead atoms. The van der Waals surface area contributed by atoms with Crippen LogP contribution in [0.3, 0.4) is 0 Å². The van der Waals surface area contributed by atoms with Crippen molar-refractivity contribution in [3.63, 3.8) is 0 Å². The molecule has 0 nitrogen and oxygen atoms in total. The van der Waals surface area contributed by atoms with E-state index in [9.17, 15) is 8.78 Å². The highest BCUT2D eigenvalue weighted by atomic mass is 79.9. The van der Waals surface area contributed by atoms with Gasteiger partial charge in [-0.25, -0.2) is 0 Å². The highest BCUT2D eigenvalue weighted by Crippen LogP contribution is 2.38. The van der Waals surface area contributed by atoms with Crippen LogP contribution in [0.1, 0.15) is 62.5 Å². The molecule has 0 heterocycles. The molecule has 25 heavy (non-hydrogen) atoms. The average molecular weight is 407 g/mol. The van der Waals surface area contributed by atoms with Crippen molar-refractivity contribution in [2.45, 2.75) is 56.2 Å². The van der Waals surface area contributed by atoms with Crippen molar-refractivity contribution in [3.05, 3.63) is 59.7 Å². The molecule has 0 aromatic heterocycles. The van der Waals surface area contributed by atoms with Crippen LogP contribution in [-0.2, 0) is 4.83 Å². The first kappa shape index (κ1) is 18.6. The molecule has 0 amide bonds. The summed E-state index contributed by atoms with van der Waals surface area (Å²) in [5.41, 5.74) is 3.45. The summed E-state index contributed by atoms with van der Waals surface area (Å²) in [7, 11) is 0. The number of halogens is 3. The summed E-state index contributed by atoms with van der Waals surface area (Å²) in [5.74, 6) is 1.60. The van der Waals surface area contributed by atoms with E-state index in [1.54, 1.807) is 12.1 Å². The lowest BCUT2D eigenvalue weighted by atomic mass is 9.77. The van der Waals surface area contributed by atoms with Crippen LogP contribution in [0.4, 0.5) is 8.78 Å². The SMILES string of the molecule is CCCC1CCC(c2ccc(-c3ccc(C(F)(F)Br)cc3)cc2)CC1. The number of rotatable bonds is 5. The minimum atomic E-state index is -2.97. The number of benzene rings is 2. The summed E-state index contributed by atoms with van der Waals surface area (Å²) in [5, 5.41) is 0. The molecule has 0 saturated heterocycles. The van der Waals surface area contributed by atoms with E-state index in [2.05, 4.69) is 47.1 Å². The van der Waals surface area contributed by atoms with Gasteiger partial charge in [0.1, 0.15) is 0 Å². The van der Waals surface area contributed by atoms with Gasteiger partial charge in [0, 0.05) is 5.56 Å². The van der Waals surface area contributed by atoms with E-state index >= 15 is 0 Å². The van der Waals surface area contributed by atoms with Gasteiger partial charge in [-0.3, -0.25) is 0 Å². The first-order valence-electron chi connectivity index (χ1n) is 9.25. The van der Waals surface area contributed by atoms with Crippen LogP contribution in [0.2, 0.25) is 0 Å². The van der Waals surface area contributed by atoms with Crippen LogP contribution >= 0.6 is 15.9 Å². The Balaban J connectivity index is 1.66. The predicted octanol–water partition coefficient (Wildman–Crippen LogP) is 7.87. The van der Waals surface area contributed by atoms with Crippen LogP contribution in [0.15, 0.2) is 48.5 Å². The van der Waals surface area contributed by atoms with Crippen molar-refractivity contribution in [2.24, 2.45) is 5.92 Å². The fourth-order valence-corrected chi connectivity index (χ4v) is 4.26. The van der Waals surface area contributed by atoms with Gasteiger partial charge in [-0.1, -0.05) is 68.3 Å². The van der Waals surface area contributed by atoms with Crippen molar-refractivity contribution in [1.82, 2.24) is 0 Å². The van der Waals surface area contributed by atoms with E-state index in [0.29, 0.717) is 5.92 Å². The fourth-order valence-electron chi connectivity index (χ4n) is 3.99. The normalized spacial score (nSPS) is 21.3. The Hall–Kier alpha value is -1.22. The van der Waals surface area contributed by atoms with Crippen molar-refractivity contribution in [3.8, 4) is 11.1 Å². The summed E-state index contributed by atoms with van der Waals surface area (Å²) in [6.45, 7) is 2.27. The van der Waals surface area contributed by atoms with Gasteiger partial charge in [0.25, 0.3) is 0 Å². The zero-order valence-electron chi connectivity index (χ0n) is 14.7. The molecule has 0 N–H and O–H groups in total. The molecule has 0 aliphatic heterocycles. The quantitative estimate of drug-likeness (QED) is 0.443. The molecule has 3 heteroatoms. The number of alkyl halides is 3. The average Bonchev–Trinajstić information content (AvgIpc) is 2.62. The van der Waals surface area contributed by atoms with Gasteiger partial charge in [-0.2, -0.15) is 8.78 Å². The summed E-state index contributed by atoms with van der Waals surface area (Å²) in [4.78, 5) is -2.97. The third-order valence-corrected chi connectivity index (χ3v) is 5.93. The fraction of sp³-hybridized carbons (Fsp3) is 0.455. The lowest BCUT2D eigenvalue weighted by Gasteiger charge is -2.28. The second-order valence-corrected chi connectivity index (χ2v) is 8.20. The van der Waals surface area contributed by atoms with E-state index in [0.717, 1.165) is 17.0 Å². The molecule has 0 atom stereocenters. The molecule has 1 fully saturated rings. The molecule has 0 spiro atoms. The molecule has 1 aliphatic carbocycles. The predicted molar refractivity (Wildman–Crippen MR) is 104 cm³/mol. The van der Waals surface area contributed by atoms with Gasteiger partial charge in [-0.15, -0.1) is 0 Å². The van der Waals surface area contributed by atoms with E-state index in [1.807, 2.05) is 0 Å². The monoisotopic (exact) mass is 406 g/mol. The number of hydrogen-bond donors (Lipinski definition) is 0. The Labute approximate surface area is 157 Å². The molecule has 2 aromatic rings. The van der Waals surface area contributed by atoms with Crippen molar-refractivity contribution >= 4 is 15.9 Å². The maximum Gasteiger partial charge on any atom is 0.326 e. The highest BCUT2D eigenvalue weighted by Gasteiger charge is 2.26. The second-order valence-electron chi connectivity index (χ2n) is 7.20. The zero-order chi connectivity index (χ0) is 17.9. The smallest absolute Gasteiger partial charge is 0.188 e. The Morgan fingerprint density at radius 2 is 1.40 bits per heavy atom.